The number of carboxylic acids is 1. The number of ether oxygens (including phenoxy) is 1. The molecular formula is C21H21BrO5. The summed E-state index contributed by atoms with van der Waals surface area (Å²) in [4.78, 5) is 23.6. The summed E-state index contributed by atoms with van der Waals surface area (Å²) in [6.45, 7) is 6.62. The average molecular weight is 433 g/mol. The third kappa shape index (κ3) is 4.98. The number of carbonyl (C=O) groups excluding carboxylic acids is 1. The molecule has 0 aromatic heterocycles. The second-order valence-corrected chi connectivity index (χ2v) is 7.68. The Morgan fingerprint density at radius 3 is 2.22 bits per heavy atom. The van der Waals surface area contributed by atoms with E-state index in [1.807, 2.05) is 26.0 Å². The maximum absolute atomic E-state index is 12.3. The van der Waals surface area contributed by atoms with Gasteiger partial charge in [-0.2, -0.15) is 0 Å². The van der Waals surface area contributed by atoms with Crippen molar-refractivity contribution in [1.82, 2.24) is 0 Å². The van der Waals surface area contributed by atoms with E-state index in [2.05, 4.69) is 15.9 Å². The molecule has 5 nitrogen and oxygen atoms in total. The van der Waals surface area contributed by atoms with Crippen molar-refractivity contribution in [1.29, 1.82) is 0 Å². The summed E-state index contributed by atoms with van der Waals surface area (Å²) >= 11 is 3.24. The van der Waals surface area contributed by atoms with Crippen LogP contribution in [-0.2, 0) is 4.79 Å². The van der Waals surface area contributed by atoms with Crippen molar-refractivity contribution in [3.63, 3.8) is 0 Å². The van der Waals surface area contributed by atoms with Crippen molar-refractivity contribution >= 4 is 33.8 Å². The minimum atomic E-state index is -1.35. The number of aryl methyl sites for hydroxylation is 2. The molecule has 0 spiro atoms. The standard InChI is InChI=1S/C21H21BrO5/c1-12-9-14(10-13(2)19(12)27-21(3,4)20(25)26)5-8-17(23)16-7-6-15(22)11-18(16)24/h5-11,24H,1-4H3,(H,25,26). The Morgan fingerprint density at radius 2 is 1.70 bits per heavy atom. The van der Waals surface area contributed by atoms with Crippen LogP contribution < -0.4 is 4.74 Å². The largest absolute Gasteiger partial charge is 0.507 e. The fourth-order valence-electron chi connectivity index (χ4n) is 2.51. The van der Waals surface area contributed by atoms with Crippen molar-refractivity contribution in [2.75, 3.05) is 0 Å². The summed E-state index contributed by atoms with van der Waals surface area (Å²) in [6, 6.07) is 8.32. The predicted octanol–water partition coefficient (Wildman–Crippen LogP) is 4.91. The monoisotopic (exact) mass is 432 g/mol. The Balaban J connectivity index is 2.26. The first-order valence-corrected chi connectivity index (χ1v) is 9.05. The van der Waals surface area contributed by atoms with Crippen LogP contribution in [0.3, 0.4) is 0 Å². The minimum Gasteiger partial charge on any atom is -0.507 e. The van der Waals surface area contributed by atoms with Crippen molar-refractivity contribution in [3.05, 3.63) is 63.1 Å². The quantitative estimate of drug-likeness (QED) is 0.500. The van der Waals surface area contributed by atoms with Gasteiger partial charge in [0.1, 0.15) is 11.5 Å². The molecule has 142 valence electrons. The molecule has 0 radical (unpaired) electrons. The van der Waals surface area contributed by atoms with Crippen LogP contribution in [0.2, 0.25) is 0 Å². The minimum absolute atomic E-state index is 0.0916. The van der Waals surface area contributed by atoms with Gasteiger partial charge in [0.15, 0.2) is 11.4 Å². The maximum Gasteiger partial charge on any atom is 0.347 e. The summed E-state index contributed by atoms with van der Waals surface area (Å²) < 4.78 is 6.36. The van der Waals surface area contributed by atoms with E-state index in [9.17, 15) is 19.8 Å². The van der Waals surface area contributed by atoms with Gasteiger partial charge in [-0.25, -0.2) is 4.79 Å². The number of rotatable bonds is 6. The van der Waals surface area contributed by atoms with Crippen LogP contribution >= 0.6 is 15.9 Å². The van der Waals surface area contributed by atoms with Gasteiger partial charge < -0.3 is 14.9 Å². The van der Waals surface area contributed by atoms with Gasteiger partial charge >= 0.3 is 5.97 Å². The number of aromatic hydroxyl groups is 1. The molecule has 0 unspecified atom stereocenters. The molecule has 2 aromatic rings. The van der Waals surface area contributed by atoms with Crippen LogP contribution in [0, 0.1) is 13.8 Å². The lowest BCUT2D eigenvalue weighted by molar-refractivity contribution is -0.152. The van der Waals surface area contributed by atoms with E-state index in [1.54, 1.807) is 18.2 Å². The number of hydrogen-bond donors (Lipinski definition) is 2. The Kier molecular flexibility index (Phi) is 6.11. The number of carboxylic acid groups (broad SMARTS) is 1. The fraction of sp³-hybridized carbons (Fsp3) is 0.238. The third-order valence-electron chi connectivity index (χ3n) is 4.01. The Labute approximate surface area is 166 Å². The molecular weight excluding hydrogens is 412 g/mol. The van der Waals surface area contributed by atoms with E-state index in [1.165, 1.54) is 26.0 Å². The van der Waals surface area contributed by atoms with E-state index < -0.39 is 11.6 Å². The van der Waals surface area contributed by atoms with Gasteiger partial charge in [-0.15, -0.1) is 0 Å². The number of carbonyl (C=O) groups is 2. The molecule has 0 aliphatic rings. The van der Waals surface area contributed by atoms with E-state index in [0.717, 1.165) is 16.7 Å². The highest BCUT2D eigenvalue weighted by atomic mass is 79.9. The molecule has 6 heteroatoms. The summed E-state index contributed by atoms with van der Waals surface area (Å²) in [5.74, 6) is -0.949. The van der Waals surface area contributed by atoms with E-state index in [4.69, 9.17) is 4.74 Å². The molecule has 0 fully saturated rings. The summed E-state index contributed by atoms with van der Waals surface area (Å²) in [7, 11) is 0. The molecule has 0 aliphatic heterocycles. The van der Waals surface area contributed by atoms with Crippen LogP contribution in [0.1, 0.15) is 40.9 Å². The third-order valence-corrected chi connectivity index (χ3v) is 4.50. The Bertz CT molecular complexity index is 905. The highest BCUT2D eigenvalue weighted by molar-refractivity contribution is 9.10. The highest BCUT2D eigenvalue weighted by Crippen LogP contribution is 2.29. The number of allylic oxidation sites excluding steroid dienone is 1. The zero-order valence-corrected chi connectivity index (χ0v) is 17.1. The van der Waals surface area contributed by atoms with Gasteiger partial charge in [0, 0.05) is 4.47 Å². The molecule has 0 saturated heterocycles. The lowest BCUT2D eigenvalue weighted by Gasteiger charge is -2.24. The lowest BCUT2D eigenvalue weighted by atomic mass is 10.0. The van der Waals surface area contributed by atoms with Crippen molar-refractivity contribution in [3.8, 4) is 11.5 Å². The summed E-state index contributed by atoms with van der Waals surface area (Å²) in [6.07, 6.45) is 3.04. The molecule has 2 rings (SSSR count). The molecule has 27 heavy (non-hydrogen) atoms. The first-order chi connectivity index (χ1) is 12.5. The van der Waals surface area contributed by atoms with Gasteiger partial charge in [0.05, 0.1) is 5.56 Å². The Hall–Kier alpha value is -2.60. The molecule has 0 amide bonds. The van der Waals surface area contributed by atoms with Crippen LogP contribution in [0.15, 0.2) is 40.9 Å². The molecule has 2 N–H and O–H groups in total. The SMILES string of the molecule is Cc1cc(C=CC(=O)c2ccc(Br)cc2O)cc(C)c1OC(C)(C)C(=O)O. The predicted molar refractivity (Wildman–Crippen MR) is 107 cm³/mol. The highest BCUT2D eigenvalue weighted by Gasteiger charge is 2.30. The second kappa shape index (κ2) is 7.96. The lowest BCUT2D eigenvalue weighted by Crippen LogP contribution is -2.38. The molecule has 0 bridgehead atoms. The summed E-state index contributed by atoms with van der Waals surface area (Å²) in [5, 5.41) is 19.1. The zero-order chi connectivity index (χ0) is 20.4. The van der Waals surface area contributed by atoms with Gasteiger partial charge in [-0.05, 0) is 80.8 Å². The number of halogens is 1. The number of aliphatic carboxylic acids is 1. The van der Waals surface area contributed by atoms with Gasteiger partial charge in [0.25, 0.3) is 0 Å². The second-order valence-electron chi connectivity index (χ2n) is 6.76. The van der Waals surface area contributed by atoms with Gasteiger partial charge in [-0.1, -0.05) is 22.0 Å². The molecule has 0 saturated carbocycles. The number of phenols is 1. The van der Waals surface area contributed by atoms with Crippen molar-refractivity contribution in [2.24, 2.45) is 0 Å². The number of ketones is 1. The van der Waals surface area contributed by atoms with Crippen LogP contribution in [0.4, 0.5) is 0 Å². The van der Waals surface area contributed by atoms with Crippen LogP contribution in [-0.4, -0.2) is 27.6 Å². The first-order valence-electron chi connectivity index (χ1n) is 8.26. The van der Waals surface area contributed by atoms with Crippen LogP contribution in [0.25, 0.3) is 6.08 Å². The number of phenolic OH excluding ortho intramolecular Hbond substituents is 1. The maximum atomic E-state index is 12.3. The molecule has 0 aliphatic carbocycles. The first kappa shape index (κ1) is 20.7. The smallest absolute Gasteiger partial charge is 0.347 e. The molecule has 2 aromatic carbocycles. The van der Waals surface area contributed by atoms with E-state index in [-0.39, 0.29) is 17.1 Å². The summed E-state index contributed by atoms with van der Waals surface area (Å²) in [5.41, 5.74) is 1.18. The van der Waals surface area contributed by atoms with Crippen molar-refractivity contribution < 1.29 is 24.5 Å². The van der Waals surface area contributed by atoms with Gasteiger partial charge in [-0.3, -0.25) is 4.79 Å². The zero-order valence-electron chi connectivity index (χ0n) is 15.5. The topological polar surface area (TPSA) is 83.8 Å². The fourth-order valence-corrected chi connectivity index (χ4v) is 2.86. The number of hydrogen-bond acceptors (Lipinski definition) is 4. The van der Waals surface area contributed by atoms with Crippen molar-refractivity contribution in [2.45, 2.75) is 33.3 Å². The Morgan fingerprint density at radius 1 is 1.11 bits per heavy atom. The molecule has 0 heterocycles. The van der Waals surface area contributed by atoms with E-state index >= 15 is 0 Å². The normalized spacial score (nSPS) is 11.6. The number of benzene rings is 2. The van der Waals surface area contributed by atoms with Gasteiger partial charge in [0.2, 0.25) is 0 Å². The average Bonchev–Trinajstić information content (AvgIpc) is 2.56. The molecule has 0 atom stereocenters. The van der Waals surface area contributed by atoms with Crippen LogP contribution in [0.5, 0.6) is 11.5 Å². The van der Waals surface area contributed by atoms with E-state index in [0.29, 0.717) is 10.2 Å².